The largest absolute Gasteiger partial charge is 0.504 e. The van der Waals surface area contributed by atoms with E-state index in [9.17, 15) is 10.2 Å². The summed E-state index contributed by atoms with van der Waals surface area (Å²) in [7, 11) is 3.02. The molecular formula is C27H24N2O4. The summed E-state index contributed by atoms with van der Waals surface area (Å²) >= 11 is 0. The Morgan fingerprint density at radius 3 is 1.88 bits per heavy atom. The van der Waals surface area contributed by atoms with Crippen LogP contribution in [0.1, 0.15) is 5.56 Å². The Kier molecular flexibility index (Phi) is 6.26. The molecule has 33 heavy (non-hydrogen) atoms. The third-order valence-corrected chi connectivity index (χ3v) is 5.27. The number of hydrogen-bond donors (Lipinski definition) is 2. The fraction of sp³-hybridized carbons (Fsp3) is 0.111. The molecule has 0 saturated heterocycles. The second-order valence-corrected chi connectivity index (χ2v) is 7.36. The number of hydrogen-bond acceptors (Lipinski definition) is 6. The zero-order chi connectivity index (χ0) is 23.4. The Hall–Kier alpha value is -4.32. The fourth-order valence-corrected chi connectivity index (χ4v) is 3.65. The highest BCUT2D eigenvalue weighted by Crippen LogP contribution is 2.39. The number of methoxy groups -OCH3 is 2. The highest BCUT2D eigenvalue weighted by molar-refractivity contribution is 5.75. The van der Waals surface area contributed by atoms with Crippen molar-refractivity contribution in [3.05, 3.63) is 84.9 Å². The molecule has 0 radical (unpaired) electrons. The number of phenolic OH excluding ortho intramolecular Hbond substituents is 2. The second kappa shape index (κ2) is 9.44. The molecular weight excluding hydrogens is 416 g/mol. The van der Waals surface area contributed by atoms with Crippen LogP contribution >= 0.6 is 0 Å². The summed E-state index contributed by atoms with van der Waals surface area (Å²) in [6.45, 7) is 3.79. The smallest absolute Gasteiger partial charge is 0.167 e. The molecule has 6 nitrogen and oxygen atoms in total. The van der Waals surface area contributed by atoms with E-state index in [1.165, 1.54) is 14.2 Å². The molecule has 0 fully saturated rings. The van der Waals surface area contributed by atoms with Crippen molar-refractivity contribution in [1.82, 2.24) is 9.97 Å². The number of allylic oxidation sites excluding steroid dienone is 1. The first-order chi connectivity index (χ1) is 16.0. The summed E-state index contributed by atoms with van der Waals surface area (Å²) in [5, 5.41) is 21.2. The van der Waals surface area contributed by atoms with Gasteiger partial charge in [-0.2, -0.15) is 0 Å². The normalized spacial score (nSPS) is 10.6. The van der Waals surface area contributed by atoms with E-state index in [2.05, 4.69) is 6.58 Å². The molecule has 6 heteroatoms. The van der Waals surface area contributed by atoms with Gasteiger partial charge in [0.1, 0.15) is 0 Å². The van der Waals surface area contributed by atoms with Crippen molar-refractivity contribution in [2.45, 2.75) is 6.42 Å². The average Bonchev–Trinajstić information content (AvgIpc) is 2.85. The lowest BCUT2D eigenvalue weighted by Crippen LogP contribution is -1.95. The van der Waals surface area contributed by atoms with Gasteiger partial charge in [0.15, 0.2) is 23.0 Å². The third kappa shape index (κ3) is 4.36. The summed E-state index contributed by atoms with van der Waals surface area (Å²) in [6.07, 6.45) is 2.43. The van der Waals surface area contributed by atoms with E-state index in [1.807, 2.05) is 42.5 Å². The first kappa shape index (κ1) is 21.9. The van der Waals surface area contributed by atoms with Crippen LogP contribution in [0, 0.1) is 0 Å². The van der Waals surface area contributed by atoms with Crippen LogP contribution in [-0.4, -0.2) is 34.4 Å². The Morgan fingerprint density at radius 2 is 1.27 bits per heavy atom. The lowest BCUT2D eigenvalue weighted by molar-refractivity contribution is 0.374. The minimum Gasteiger partial charge on any atom is -0.504 e. The molecule has 2 aromatic carbocycles. The van der Waals surface area contributed by atoms with E-state index >= 15 is 0 Å². The summed E-state index contributed by atoms with van der Waals surface area (Å²) in [6, 6.07) is 20.0. The minimum absolute atomic E-state index is 0.0259. The van der Waals surface area contributed by atoms with E-state index in [1.54, 1.807) is 30.3 Å². The van der Waals surface area contributed by atoms with Crippen molar-refractivity contribution in [3.8, 4) is 56.9 Å². The molecule has 4 aromatic rings. The number of benzene rings is 2. The molecule has 4 rings (SSSR count). The highest BCUT2D eigenvalue weighted by atomic mass is 16.5. The molecule has 0 atom stereocenters. The summed E-state index contributed by atoms with van der Waals surface area (Å²) in [5.41, 5.74) is 4.52. The summed E-state index contributed by atoms with van der Waals surface area (Å²) in [4.78, 5) is 9.46. The standard InChI is InChI=1S/C27H24N2O4/c1-4-8-17-15-19(27(31)25(16-17)33-3)21-11-7-13-23(29-21)22-12-6-10-20(28-22)18-9-5-14-24(32-2)26(18)30/h4-7,9-16,30-31H,1,8H2,2-3H3. The zero-order valence-corrected chi connectivity index (χ0v) is 18.4. The van der Waals surface area contributed by atoms with E-state index in [4.69, 9.17) is 19.4 Å². The Morgan fingerprint density at radius 1 is 0.727 bits per heavy atom. The maximum atomic E-state index is 10.7. The lowest BCUT2D eigenvalue weighted by atomic mass is 10.0. The average molecular weight is 440 g/mol. The molecule has 0 bridgehead atoms. The number of phenols is 2. The number of aromatic nitrogens is 2. The number of rotatable bonds is 7. The van der Waals surface area contributed by atoms with Crippen LogP contribution in [0.5, 0.6) is 23.0 Å². The van der Waals surface area contributed by atoms with Crippen molar-refractivity contribution >= 4 is 0 Å². The summed E-state index contributed by atoms with van der Waals surface area (Å²) < 4.78 is 10.6. The molecule has 0 aliphatic rings. The topological polar surface area (TPSA) is 84.7 Å². The van der Waals surface area contributed by atoms with Crippen molar-refractivity contribution in [2.24, 2.45) is 0 Å². The van der Waals surface area contributed by atoms with Crippen molar-refractivity contribution in [3.63, 3.8) is 0 Å². The van der Waals surface area contributed by atoms with Crippen LogP contribution < -0.4 is 9.47 Å². The van der Waals surface area contributed by atoms with Crippen LogP contribution in [0.25, 0.3) is 33.9 Å². The number of para-hydroxylation sites is 1. The van der Waals surface area contributed by atoms with Gasteiger partial charge >= 0.3 is 0 Å². The number of ether oxygens (including phenoxy) is 2. The first-order valence-electron chi connectivity index (χ1n) is 10.4. The number of nitrogens with zero attached hydrogens (tertiary/aromatic N) is 2. The molecule has 166 valence electrons. The molecule has 0 aliphatic carbocycles. The van der Waals surface area contributed by atoms with E-state index in [0.717, 1.165) is 5.56 Å². The van der Waals surface area contributed by atoms with Crippen molar-refractivity contribution < 1.29 is 19.7 Å². The SMILES string of the molecule is C=CCc1cc(OC)c(O)c(-c2cccc(-c3cccc(-c4cccc(OC)c4O)n3)n2)c1. The Bertz CT molecular complexity index is 1320. The predicted octanol–water partition coefficient (Wildman–Crippen LogP) is 5.63. The van der Waals surface area contributed by atoms with Crippen LogP contribution in [0.3, 0.4) is 0 Å². The molecule has 0 aliphatic heterocycles. The zero-order valence-electron chi connectivity index (χ0n) is 18.4. The van der Waals surface area contributed by atoms with Gasteiger partial charge in [-0.15, -0.1) is 6.58 Å². The van der Waals surface area contributed by atoms with E-state index < -0.39 is 0 Å². The van der Waals surface area contributed by atoms with Gasteiger partial charge in [-0.1, -0.05) is 24.3 Å². The minimum atomic E-state index is 0.0259. The van der Waals surface area contributed by atoms with E-state index in [0.29, 0.717) is 51.8 Å². The quantitative estimate of drug-likeness (QED) is 0.362. The fourth-order valence-electron chi connectivity index (χ4n) is 3.65. The van der Waals surface area contributed by atoms with Crippen LogP contribution in [-0.2, 0) is 6.42 Å². The Labute approximate surface area is 192 Å². The molecule has 0 unspecified atom stereocenters. The highest BCUT2D eigenvalue weighted by Gasteiger charge is 2.15. The molecule has 2 heterocycles. The molecule has 0 amide bonds. The van der Waals surface area contributed by atoms with E-state index in [-0.39, 0.29) is 11.5 Å². The predicted molar refractivity (Wildman–Crippen MR) is 129 cm³/mol. The van der Waals surface area contributed by atoms with Gasteiger partial charge < -0.3 is 19.7 Å². The third-order valence-electron chi connectivity index (χ3n) is 5.27. The van der Waals surface area contributed by atoms with Gasteiger partial charge in [0.25, 0.3) is 0 Å². The first-order valence-corrected chi connectivity index (χ1v) is 10.4. The monoisotopic (exact) mass is 440 g/mol. The number of aromatic hydroxyl groups is 2. The van der Waals surface area contributed by atoms with Crippen LogP contribution in [0.4, 0.5) is 0 Å². The van der Waals surface area contributed by atoms with Crippen molar-refractivity contribution in [2.75, 3.05) is 14.2 Å². The van der Waals surface area contributed by atoms with Crippen molar-refractivity contribution in [1.29, 1.82) is 0 Å². The second-order valence-electron chi connectivity index (χ2n) is 7.36. The van der Waals surface area contributed by atoms with Gasteiger partial charge in [0.2, 0.25) is 0 Å². The van der Waals surface area contributed by atoms with Gasteiger partial charge in [0.05, 0.1) is 37.0 Å². The van der Waals surface area contributed by atoms with Gasteiger partial charge in [-0.25, -0.2) is 9.97 Å². The molecule has 2 aromatic heterocycles. The maximum Gasteiger partial charge on any atom is 0.167 e. The van der Waals surface area contributed by atoms with Crippen LogP contribution in [0.2, 0.25) is 0 Å². The Balaban J connectivity index is 1.78. The molecule has 2 N–H and O–H groups in total. The van der Waals surface area contributed by atoms with Crippen LogP contribution in [0.15, 0.2) is 79.4 Å². The maximum absolute atomic E-state index is 10.7. The number of pyridine rings is 2. The summed E-state index contributed by atoms with van der Waals surface area (Å²) in [5.74, 6) is 0.814. The molecule has 0 saturated carbocycles. The lowest BCUT2D eigenvalue weighted by Gasteiger charge is -2.13. The van der Waals surface area contributed by atoms with Gasteiger partial charge in [-0.05, 0) is 60.5 Å². The van der Waals surface area contributed by atoms with Gasteiger partial charge in [0, 0.05) is 11.1 Å². The molecule has 0 spiro atoms. The van der Waals surface area contributed by atoms with Gasteiger partial charge in [-0.3, -0.25) is 0 Å².